The lowest BCUT2D eigenvalue weighted by Crippen LogP contribution is -2.51. The van der Waals surface area contributed by atoms with Crippen molar-refractivity contribution in [2.75, 3.05) is 25.6 Å². The van der Waals surface area contributed by atoms with Crippen LogP contribution in [-0.4, -0.2) is 26.2 Å². The van der Waals surface area contributed by atoms with Gasteiger partial charge in [0.05, 0.1) is 12.0 Å². The van der Waals surface area contributed by atoms with Gasteiger partial charge >= 0.3 is 0 Å². The van der Waals surface area contributed by atoms with Crippen molar-refractivity contribution in [3.05, 3.63) is 24.3 Å². The van der Waals surface area contributed by atoms with E-state index in [1.807, 2.05) is 24.3 Å². The predicted octanol–water partition coefficient (Wildman–Crippen LogP) is 3.87. The SMILES string of the molecule is COCCOc1ccc(NC(=O)C23CC4CC(CC(C4)C2)C3)cc1. The number of carbonyl (C=O) groups is 1. The first-order valence-corrected chi connectivity index (χ1v) is 9.20. The molecule has 4 aliphatic carbocycles. The summed E-state index contributed by atoms with van der Waals surface area (Å²) in [6.45, 7) is 1.11. The van der Waals surface area contributed by atoms with Gasteiger partial charge in [-0.25, -0.2) is 0 Å². The molecule has 24 heavy (non-hydrogen) atoms. The molecule has 0 spiro atoms. The monoisotopic (exact) mass is 329 g/mol. The normalized spacial score (nSPS) is 33.5. The summed E-state index contributed by atoms with van der Waals surface area (Å²) >= 11 is 0. The van der Waals surface area contributed by atoms with Gasteiger partial charge in [0.25, 0.3) is 0 Å². The number of rotatable bonds is 6. The smallest absolute Gasteiger partial charge is 0.230 e. The number of ether oxygens (including phenoxy) is 2. The van der Waals surface area contributed by atoms with Crippen LogP contribution in [-0.2, 0) is 9.53 Å². The third-order valence-electron chi connectivity index (χ3n) is 6.19. The van der Waals surface area contributed by atoms with E-state index in [0.29, 0.717) is 13.2 Å². The molecular weight excluding hydrogens is 302 g/mol. The molecule has 4 aliphatic rings. The molecular formula is C20H27NO3. The number of amides is 1. The molecule has 1 aromatic carbocycles. The first kappa shape index (κ1) is 15.9. The Bertz CT molecular complexity index is 560. The number of methoxy groups -OCH3 is 1. The Morgan fingerprint density at radius 3 is 2.17 bits per heavy atom. The van der Waals surface area contributed by atoms with Gasteiger partial charge in [-0.2, -0.15) is 0 Å². The van der Waals surface area contributed by atoms with Crippen LogP contribution in [0.25, 0.3) is 0 Å². The highest BCUT2D eigenvalue weighted by atomic mass is 16.5. The number of benzene rings is 1. The van der Waals surface area contributed by atoms with Crippen LogP contribution in [0.15, 0.2) is 24.3 Å². The average Bonchev–Trinajstić information content (AvgIpc) is 2.55. The summed E-state index contributed by atoms with van der Waals surface area (Å²) in [5.41, 5.74) is 0.775. The van der Waals surface area contributed by atoms with Gasteiger partial charge < -0.3 is 14.8 Å². The van der Waals surface area contributed by atoms with Crippen LogP contribution >= 0.6 is 0 Å². The Labute approximate surface area is 143 Å². The van der Waals surface area contributed by atoms with Gasteiger partial charge in [0.15, 0.2) is 0 Å². The van der Waals surface area contributed by atoms with Gasteiger partial charge in [-0.15, -0.1) is 0 Å². The second-order valence-corrected chi connectivity index (χ2v) is 8.02. The van der Waals surface area contributed by atoms with Crippen LogP contribution < -0.4 is 10.1 Å². The summed E-state index contributed by atoms with van der Waals surface area (Å²) in [6, 6.07) is 7.68. The highest BCUT2D eigenvalue weighted by molar-refractivity contribution is 5.95. The van der Waals surface area contributed by atoms with Crippen LogP contribution in [0, 0.1) is 23.2 Å². The second-order valence-electron chi connectivity index (χ2n) is 8.02. The summed E-state index contributed by atoms with van der Waals surface area (Å²) in [5, 5.41) is 3.17. The van der Waals surface area contributed by atoms with Crippen LogP contribution in [0.2, 0.25) is 0 Å². The lowest BCUT2D eigenvalue weighted by atomic mass is 9.49. The van der Waals surface area contributed by atoms with Crippen molar-refractivity contribution in [3.63, 3.8) is 0 Å². The molecule has 0 aliphatic heterocycles. The maximum atomic E-state index is 13.0. The molecule has 0 radical (unpaired) electrons. The molecule has 0 atom stereocenters. The molecule has 4 heteroatoms. The third-order valence-corrected chi connectivity index (χ3v) is 6.19. The lowest BCUT2D eigenvalue weighted by Gasteiger charge is -2.55. The highest BCUT2D eigenvalue weighted by Crippen LogP contribution is 2.60. The van der Waals surface area contributed by atoms with Crippen molar-refractivity contribution < 1.29 is 14.3 Å². The summed E-state index contributed by atoms with van der Waals surface area (Å²) in [6.07, 6.45) is 7.38. The molecule has 0 heterocycles. The molecule has 4 saturated carbocycles. The molecule has 130 valence electrons. The quantitative estimate of drug-likeness (QED) is 0.806. The fourth-order valence-electron chi connectivity index (χ4n) is 5.53. The second kappa shape index (κ2) is 6.40. The molecule has 5 rings (SSSR count). The third kappa shape index (κ3) is 3.04. The largest absolute Gasteiger partial charge is 0.491 e. The van der Waals surface area contributed by atoms with Crippen molar-refractivity contribution >= 4 is 11.6 Å². The fourth-order valence-corrected chi connectivity index (χ4v) is 5.53. The van der Waals surface area contributed by atoms with E-state index in [4.69, 9.17) is 9.47 Å². The summed E-state index contributed by atoms with van der Waals surface area (Å²) < 4.78 is 10.5. The maximum Gasteiger partial charge on any atom is 0.230 e. The summed E-state index contributed by atoms with van der Waals surface area (Å²) in [4.78, 5) is 13.0. The van der Waals surface area contributed by atoms with Gasteiger partial charge in [0.1, 0.15) is 12.4 Å². The van der Waals surface area contributed by atoms with Crippen molar-refractivity contribution in [3.8, 4) is 5.75 Å². The van der Waals surface area contributed by atoms with E-state index in [2.05, 4.69) is 5.32 Å². The minimum Gasteiger partial charge on any atom is -0.491 e. The molecule has 4 fully saturated rings. The topological polar surface area (TPSA) is 47.6 Å². The standard InChI is InChI=1S/C20H27NO3/c1-23-6-7-24-18-4-2-17(3-5-18)21-19(22)20-11-14-8-15(12-20)10-16(9-14)13-20/h2-5,14-16H,6-13H2,1H3,(H,21,22). The minimum atomic E-state index is -0.0949. The van der Waals surface area contributed by atoms with E-state index in [1.165, 1.54) is 19.3 Å². The molecule has 1 N–H and O–H groups in total. The zero-order chi connectivity index (χ0) is 16.6. The van der Waals surface area contributed by atoms with E-state index >= 15 is 0 Å². The first-order chi connectivity index (χ1) is 11.7. The number of nitrogens with one attached hydrogen (secondary N) is 1. The molecule has 4 bridgehead atoms. The predicted molar refractivity (Wildman–Crippen MR) is 93.0 cm³/mol. The molecule has 1 aromatic rings. The first-order valence-electron chi connectivity index (χ1n) is 9.20. The van der Waals surface area contributed by atoms with Gasteiger partial charge in [-0.05, 0) is 80.5 Å². The van der Waals surface area contributed by atoms with E-state index in [0.717, 1.165) is 48.5 Å². The lowest BCUT2D eigenvalue weighted by molar-refractivity contribution is -0.140. The van der Waals surface area contributed by atoms with Crippen molar-refractivity contribution in [1.82, 2.24) is 0 Å². The van der Waals surface area contributed by atoms with E-state index < -0.39 is 0 Å². The van der Waals surface area contributed by atoms with Crippen molar-refractivity contribution in [2.24, 2.45) is 23.2 Å². The zero-order valence-corrected chi connectivity index (χ0v) is 14.4. The Kier molecular flexibility index (Phi) is 4.25. The van der Waals surface area contributed by atoms with Gasteiger partial charge in [0.2, 0.25) is 5.91 Å². The average molecular weight is 329 g/mol. The maximum absolute atomic E-state index is 13.0. The molecule has 4 nitrogen and oxygen atoms in total. The Balaban J connectivity index is 1.39. The Hall–Kier alpha value is -1.55. The van der Waals surface area contributed by atoms with Gasteiger partial charge in [-0.3, -0.25) is 4.79 Å². The van der Waals surface area contributed by atoms with Crippen LogP contribution in [0.1, 0.15) is 38.5 Å². The van der Waals surface area contributed by atoms with E-state index in [9.17, 15) is 4.79 Å². The molecule has 1 amide bonds. The molecule has 0 unspecified atom stereocenters. The van der Waals surface area contributed by atoms with E-state index in [1.54, 1.807) is 7.11 Å². The Morgan fingerprint density at radius 2 is 1.62 bits per heavy atom. The number of carbonyl (C=O) groups excluding carboxylic acids is 1. The van der Waals surface area contributed by atoms with Gasteiger partial charge in [0, 0.05) is 12.8 Å². The Morgan fingerprint density at radius 1 is 1.04 bits per heavy atom. The van der Waals surface area contributed by atoms with Gasteiger partial charge in [-0.1, -0.05) is 0 Å². The summed E-state index contributed by atoms with van der Waals surface area (Å²) in [7, 11) is 1.66. The van der Waals surface area contributed by atoms with Crippen molar-refractivity contribution in [2.45, 2.75) is 38.5 Å². The van der Waals surface area contributed by atoms with Crippen molar-refractivity contribution in [1.29, 1.82) is 0 Å². The number of hydrogen-bond donors (Lipinski definition) is 1. The van der Waals surface area contributed by atoms with Crippen LogP contribution in [0.4, 0.5) is 5.69 Å². The minimum absolute atomic E-state index is 0.0949. The summed E-state index contributed by atoms with van der Waals surface area (Å²) in [5.74, 6) is 3.42. The van der Waals surface area contributed by atoms with Crippen LogP contribution in [0.5, 0.6) is 5.75 Å². The van der Waals surface area contributed by atoms with E-state index in [-0.39, 0.29) is 11.3 Å². The zero-order valence-electron chi connectivity index (χ0n) is 14.4. The number of hydrogen-bond acceptors (Lipinski definition) is 3. The molecule has 0 saturated heterocycles. The fraction of sp³-hybridized carbons (Fsp3) is 0.650. The highest BCUT2D eigenvalue weighted by Gasteiger charge is 2.54. The number of anilines is 1. The molecule has 0 aromatic heterocycles. The van der Waals surface area contributed by atoms with Crippen LogP contribution in [0.3, 0.4) is 0 Å².